The number of benzene rings is 2. The molecule has 0 aliphatic rings. The maximum absolute atomic E-state index is 11.0. The van der Waals surface area contributed by atoms with Gasteiger partial charge in [0.15, 0.2) is 0 Å². The predicted octanol–water partition coefficient (Wildman–Crippen LogP) is 4.16. The Morgan fingerprint density at radius 2 is 1.86 bits per heavy atom. The van der Waals surface area contributed by atoms with Gasteiger partial charge in [-0.25, -0.2) is 0 Å². The van der Waals surface area contributed by atoms with Crippen molar-refractivity contribution in [3.8, 4) is 0 Å². The third-order valence-electron chi connectivity index (χ3n) is 3.74. The molecule has 0 amide bonds. The Morgan fingerprint density at radius 1 is 1.19 bits per heavy atom. The molecule has 2 N–H and O–H groups in total. The number of nitro benzene ring substituents is 1. The number of nitrogens with two attached hydrogens (primary N) is 1. The molecular formula is C16H17BrN2O2. The summed E-state index contributed by atoms with van der Waals surface area (Å²) in [6, 6.07) is 14.9. The van der Waals surface area contributed by atoms with E-state index in [2.05, 4.69) is 15.9 Å². The van der Waals surface area contributed by atoms with E-state index in [9.17, 15) is 10.1 Å². The molecule has 0 aromatic heterocycles. The topological polar surface area (TPSA) is 69.2 Å². The quantitative estimate of drug-likeness (QED) is 0.651. The van der Waals surface area contributed by atoms with Gasteiger partial charge in [-0.2, -0.15) is 0 Å². The van der Waals surface area contributed by atoms with Crippen molar-refractivity contribution in [3.05, 3.63) is 74.2 Å². The number of nitrogens with zero attached hydrogens (tertiary/aromatic N) is 1. The maximum Gasteiger partial charge on any atom is 0.283 e. The highest BCUT2D eigenvalue weighted by Gasteiger charge is 2.28. The normalized spacial score (nSPS) is 13.7. The van der Waals surface area contributed by atoms with Crippen LogP contribution in [0.15, 0.2) is 53.0 Å². The van der Waals surface area contributed by atoms with E-state index in [-0.39, 0.29) is 10.6 Å². The van der Waals surface area contributed by atoms with E-state index in [0.717, 1.165) is 17.5 Å². The number of nitro groups is 1. The smallest absolute Gasteiger partial charge is 0.283 e. The van der Waals surface area contributed by atoms with Crippen LogP contribution >= 0.6 is 15.9 Å². The summed E-state index contributed by atoms with van der Waals surface area (Å²) in [5, 5.41) is 11.0. The van der Waals surface area contributed by atoms with Gasteiger partial charge in [0, 0.05) is 11.6 Å². The molecule has 1 unspecified atom stereocenters. The third kappa shape index (κ3) is 3.31. The van der Waals surface area contributed by atoms with Crippen molar-refractivity contribution in [2.45, 2.75) is 25.3 Å². The second-order valence-electron chi connectivity index (χ2n) is 5.06. The van der Waals surface area contributed by atoms with Crippen LogP contribution in [0.5, 0.6) is 0 Å². The van der Waals surface area contributed by atoms with Crippen LogP contribution in [0.2, 0.25) is 0 Å². The predicted molar refractivity (Wildman–Crippen MR) is 87.1 cm³/mol. The largest absolute Gasteiger partial charge is 0.321 e. The van der Waals surface area contributed by atoms with E-state index in [1.807, 2.05) is 43.3 Å². The molecule has 0 saturated heterocycles. The zero-order chi connectivity index (χ0) is 15.5. The van der Waals surface area contributed by atoms with Gasteiger partial charge in [-0.3, -0.25) is 10.1 Å². The van der Waals surface area contributed by atoms with Crippen molar-refractivity contribution in [3.63, 3.8) is 0 Å². The van der Waals surface area contributed by atoms with Gasteiger partial charge < -0.3 is 5.73 Å². The van der Waals surface area contributed by atoms with Gasteiger partial charge in [0.25, 0.3) is 5.69 Å². The number of hydrogen-bond acceptors (Lipinski definition) is 3. The summed E-state index contributed by atoms with van der Waals surface area (Å²) in [7, 11) is 0. The van der Waals surface area contributed by atoms with Crippen molar-refractivity contribution in [2.75, 3.05) is 0 Å². The van der Waals surface area contributed by atoms with Gasteiger partial charge >= 0.3 is 0 Å². The highest BCUT2D eigenvalue weighted by molar-refractivity contribution is 9.10. The van der Waals surface area contributed by atoms with Crippen molar-refractivity contribution < 1.29 is 4.92 Å². The summed E-state index contributed by atoms with van der Waals surface area (Å²) < 4.78 is 0.509. The van der Waals surface area contributed by atoms with E-state index in [1.165, 1.54) is 6.07 Å². The zero-order valence-electron chi connectivity index (χ0n) is 11.8. The summed E-state index contributed by atoms with van der Waals surface area (Å²) in [4.78, 5) is 10.6. The second kappa shape index (κ2) is 6.37. The van der Waals surface area contributed by atoms with Gasteiger partial charge in [-0.05, 0) is 39.9 Å². The summed E-state index contributed by atoms with van der Waals surface area (Å²) in [6.45, 7) is 2.03. The molecule has 5 heteroatoms. The molecule has 0 spiro atoms. The first-order valence-corrected chi connectivity index (χ1v) is 7.53. The highest BCUT2D eigenvalue weighted by atomic mass is 79.9. The van der Waals surface area contributed by atoms with Gasteiger partial charge in [0.2, 0.25) is 0 Å². The van der Waals surface area contributed by atoms with E-state index < -0.39 is 5.54 Å². The number of rotatable bonds is 5. The lowest BCUT2D eigenvalue weighted by Crippen LogP contribution is -2.38. The molecule has 0 bridgehead atoms. The standard InChI is InChI=1S/C16H17BrN2O2/c1-2-16(18,13-8-4-3-5-9-13)11-12-7-6-10-14(15(12)17)19(20)21/h3-10H,2,11,18H2,1H3. The van der Waals surface area contributed by atoms with E-state index in [0.29, 0.717) is 10.9 Å². The minimum atomic E-state index is -0.543. The molecule has 4 nitrogen and oxygen atoms in total. The Balaban J connectivity index is 2.40. The molecule has 0 aliphatic carbocycles. The Kier molecular flexibility index (Phi) is 4.75. The lowest BCUT2D eigenvalue weighted by molar-refractivity contribution is -0.385. The highest BCUT2D eigenvalue weighted by Crippen LogP contribution is 2.34. The lowest BCUT2D eigenvalue weighted by Gasteiger charge is -2.29. The monoisotopic (exact) mass is 348 g/mol. The fourth-order valence-electron chi connectivity index (χ4n) is 2.38. The van der Waals surface area contributed by atoms with Gasteiger partial charge in [0.05, 0.1) is 9.40 Å². The molecule has 0 radical (unpaired) electrons. The Hall–Kier alpha value is -1.72. The van der Waals surface area contributed by atoms with Crippen LogP contribution in [-0.4, -0.2) is 4.92 Å². The fourth-order valence-corrected chi connectivity index (χ4v) is 2.93. The van der Waals surface area contributed by atoms with Crippen LogP contribution in [0.4, 0.5) is 5.69 Å². The molecule has 2 aromatic carbocycles. The average Bonchev–Trinajstić information content (AvgIpc) is 2.50. The minimum absolute atomic E-state index is 0.0685. The first-order chi connectivity index (χ1) is 9.98. The third-order valence-corrected chi connectivity index (χ3v) is 4.66. The molecule has 0 fully saturated rings. The van der Waals surface area contributed by atoms with Crippen LogP contribution in [0, 0.1) is 10.1 Å². The molecule has 110 valence electrons. The summed E-state index contributed by atoms with van der Waals surface area (Å²) in [5.74, 6) is 0. The first kappa shape index (κ1) is 15.7. The Labute approximate surface area is 132 Å². The molecule has 0 aliphatic heterocycles. The Bertz CT molecular complexity index is 646. The minimum Gasteiger partial charge on any atom is -0.321 e. The average molecular weight is 349 g/mol. The second-order valence-corrected chi connectivity index (χ2v) is 5.85. The van der Waals surface area contributed by atoms with Gasteiger partial charge in [-0.15, -0.1) is 0 Å². The van der Waals surface area contributed by atoms with Crippen LogP contribution < -0.4 is 5.73 Å². The summed E-state index contributed by atoms with van der Waals surface area (Å²) >= 11 is 3.34. The van der Waals surface area contributed by atoms with Crippen LogP contribution in [-0.2, 0) is 12.0 Å². The first-order valence-electron chi connectivity index (χ1n) is 6.74. The molecule has 0 saturated carbocycles. The Morgan fingerprint density at radius 3 is 2.43 bits per heavy atom. The van der Waals surface area contributed by atoms with E-state index >= 15 is 0 Å². The van der Waals surface area contributed by atoms with E-state index in [1.54, 1.807) is 6.07 Å². The van der Waals surface area contributed by atoms with Crippen LogP contribution in [0.25, 0.3) is 0 Å². The van der Waals surface area contributed by atoms with Crippen molar-refractivity contribution in [1.82, 2.24) is 0 Å². The fraction of sp³-hybridized carbons (Fsp3) is 0.250. The van der Waals surface area contributed by atoms with Crippen molar-refractivity contribution in [1.29, 1.82) is 0 Å². The zero-order valence-corrected chi connectivity index (χ0v) is 13.3. The van der Waals surface area contributed by atoms with Crippen LogP contribution in [0.1, 0.15) is 24.5 Å². The molecule has 1 atom stereocenters. The van der Waals surface area contributed by atoms with Crippen molar-refractivity contribution in [2.24, 2.45) is 5.73 Å². The molecule has 2 rings (SSSR count). The molecular weight excluding hydrogens is 332 g/mol. The van der Waals surface area contributed by atoms with Crippen molar-refractivity contribution >= 4 is 21.6 Å². The molecule has 0 heterocycles. The summed E-state index contributed by atoms with van der Waals surface area (Å²) in [5.41, 5.74) is 7.96. The van der Waals surface area contributed by atoms with Gasteiger partial charge in [-0.1, -0.05) is 49.4 Å². The maximum atomic E-state index is 11.0. The summed E-state index contributed by atoms with van der Waals surface area (Å²) in [6.07, 6.45) is 1.28. The van der Waals surface area contributed by atoms with E-state index in [4.69, 9.17) is 5.73 Å². The van der Waals surface area contributed by atoms with Gasteiger partial charge in [0.1, 0.15) is 0 Å². The van der Waals surface area contributed by atoms with Crippen LogP contribution in [0.3, 0.4) is 0 Å². The number of halogens is 1. The number of hydrogen-bond donors (Lipinski definition) is 1. The lowest BCUT2D eigenvalue weighted by atomic mass is 9.82. The molecule has 21 heavy (non-hydrogen) atoms. The molecule has 2 aromatic rings. The SMILES string of the molecule is CCC(N)(Cc1cccc([N+](=O)[O-])c1Br)c1ccccc1.